The molecule has 0 unspecified atom stereocenters. The molecule has 0 amide bonds. The molecule has 294 valence electrons. The second-order valence-electron chi connectivity index (χ2n) is 17.1. The van der Waals surface area contributed by atoms with Crippen LogP contribution in [0.4, 0.5) is 51.2 Å². The predicted molar refractivity (Wildman–Crippen MR) is 267 cm³/mol. The number of hydrogen-bond donors (Lipinski definition) is 0. The molecule has 0 aromatic heterocycles. The number of benzene rings is 9. The third-order valence-corrected chi connectivity index (χ3v) is 18.4. The van der Waals surface area contributed by atoms with Gasteiger partial charge in [0.15, 0.2) is 8.07 Å². The number of hydrogen-bond acceptors (Lipinski definition) is 3. The highest BCUT2D eigenvalue weighted by Gasteiger charge is 2.49. The predicted octanol–water partition coefficient (Wildman–Crippen LogP) is 9.86. The fourth-order valence-electron chi connectivity index (χ4n) is 11.3. The topological polar surface area (TPSA) is 9.72 Å². The average Bonchev–Trinajstić information content (AvgIpc) is 3.32. The van der Waals surface area contributed by atoms with Crippen molar-refractivity contribution in [2.45, 2.75) is 20.8 Å². The maximum Gasteiger partial charge on any atom is 0.252 e. The summed E-state index contributed by atoms with van der Waals surface area (Å²) < 4.78 is 0. The van der Waals surface area contributed by atoms with Gasteiger partial charge in [-0.25, -0.2) is 0 Å². The van der Waals surface area contributed by atoms with Crippen LogP contribution in [0.3, 0.4) is 0 Å². The Balaban J connectivity index is 1.14. The van der Waals surface area contributed by atoms with Gasteiger partial charge in [0.05, 0.1) is 5.69 Å². The van der Waals surface area contributed by atoms with E-state index in [1.165, 1.54) is 93.6 Å². The lowest BCUT2D eigenvalue weighted by atomic mass is 9.33. The van der Waals surface area contributed by atoms with Gasteiger partial charge in [0.25, 0.3) is 6.71 Å². The van der Waals surface area contributed by atoms with Crippen LogP contribution < -0.4 is 51.8 Å². The van der Waals surface area contributed by atoms with E-state index >= 15 is 0 Å². The molecule has 3 aliphatic rings. The maximum atomic E-state index is 2.59. The molecule has 0 fully saturated rings. The van der Waals surface area contributed by atoms with Gasteiger partial charge in [-0.3, -0.25) is 0 Å². The van der Waals surface area contributed by atoms with Crippen molar-refractivity contribution >= 4 is 103 Å². The number of anilines is 9. The molecule has 0 atom stereocenters. The molecule has 0 bridgehead atoms. The van der Waals surface area contributed by atoms with E-state index in [0.29, 0.717) is 0 Å². The summed E-state index contributed by atoms with van der Waals surface area (Å²) in [5, 5.41) is 5.57. The number of aryl methyl sites for hydroxylation is 3. The van der Waals surface area contributed by atoms with Crippen molar-refractivity contribution in [3.63, 3.8) is 0 Å². The van der Waals surface area contributed by atoms with E-state index in [-0.39, 0.29) is 6.71 Å². The monoisotopic (exact) mass is 809 g/mol. The van der Waals surface area contributed by atoms with Crippen LogP contribution in [-0.4, -0.2) is 14.8 Å². The number of nitrogens with zero attached hydrogens (tertiary/aromatic N) is 3. The van der Waals surface area contributed by atoms with Gasteiger partial charge in [-0.2, -0.15) is 0 Å². The molecule has 62 heavy (non-hydrogen) atoms. The lowest BCUT2D eigenvalue weighted by Crippen LogP contribution is -2.77. The summed E-state index contributed by atoms with van der Waals surface area (Å²) in [6, 6.07) is 79.8. The quantitative estimate of drug-likeness (QED) is 0.161. The molecule has 12 rings (SSSR count). The van der Waals surface area contributed by atoms with E-state index in [4.69, 9.17) is 0 Å². The Bertz CT molecular complexity index is 3090. The van der Waals surface area contributed by atoms with Crippen LogP contribution in [0.5, 0.6) is 0 Å². The lowest BCUT2D eigenvalue weighted by molar-refractivity contribution is 1.19. The Labute approximate surface area is 365 Å². The lowest BCUT2D eigenvalue weighted by Gasteiger charge is -2.46. The van der Waals surface area contributed by atoms with Gasteiger partial charge in [0.2, 0.25) is 0 Å². The van der Waals surface area contributed by atoms with Gasteiger partial charge in [0.1, 0.15) is 0 Å². The van der Waals surface area contributed by atoms with Crippen LogP contribution in [0, 0.1) is 20.8 Å². The molecule has 9 aromatic rings. The van der Waals surface area contributed by atoms with Crippen molar-refractivity contribution in [3.8, 4) is 0 Å². The van der Waals surface area contributed by atoms with Crippen molar-refractivity contribution < 1.29 is 0 Å². The molecule has 0 aliphatic carbocycles. The summed E-state index contributed by atoms with van der Waals surface area (Å²) in [5.41, 5.74) is 18.7. The van der Waals surface area contributed by atoms with E-state index < -0.39 is 8.07 Å². The molecular weight excluding hydrogens is 766 g/mol. The summed E-state index contributed by atoms with van der Waals surface area (Å²) in [7, 11) is -2.76. The SMILES string of the molecule is Cc1cc(C)c(N2c3cc(N4c5ccccc5[Si](c5ccccc5)(c5ccccc5)c5ccccc54)ccc3B3c4ccccc4N(c4ccccc4)c4cccc2c43)c(C)c1. The largest absolute Gasteiger partial charge is 0.311 e. The third-order valence-electron chi connectivity index (χ3n) is 13.5. The van der Waals surface area contributed by atoms with Gasteiger partial charge in [-0.15, -0.1) is 0 Å². The third kappa shape index (κ3) is 5.18. The molecule has 3 heterocycles. The minimum absolute atomic E-state index is 0.0425. The Kier molecular flexibility index (Phi) is 8.31. The minimum Gasteiger partial charge on any atom is -0.311 e. The minimum atomic E-state index is -2.76. The Morgan fingerprint density at radius 3 is 1.44 bits per heavy atom. The second kappa shape index (κ2) is 14.1. The summed E-state index contributed by atoms with van der Waals surface area (Å²) in [6.07, 6.45) is 0. The molecule has 0 N–H and O–H groups in total. The number of para-hydroxylation sites is 4. The van der Waals surface area contributed by atoms with Gasteiger partial charge in [0, 0.05) is 45.5 Å². The summed E-state index contributed by atoms with van der Waals surface area (Å²) in [5.74, 6) is 0. The number of rotatable bonds is 5. The van der Waals surface area contributed by atoms with E-state index in [1.807, 2.05) is 0 Å². The van der Waals surface area contributed by atoms with E-state index in [1.54, 1.807) is 0 Å². The molecule has 5 heteroatoms. The highest BCUT2D eigenvalue weighted by molar-refractivity contribution is 7.21. The van der Waals surface area contributed by atoms with Gasteiger partial charge < -0.3 is 14.7 Å². The summed E-state index contributed by atoms with van der Waals surface area (Å²) in [6.45, 7) is 6.81. The Hall–Kier alpha value is -7.34. The van der Waals surface area contributed by atoms with E-state index in [9.17, 15) is 0 Å². The highest BCUT2D eigenvalue weighted by Crippen LogP contribution is 2.47. The van der Waals surface area contributed by atoms with E-state index in [2.05, 4.69) is 248 Å². The Morgan fingerprint density at radius 2 is 0.823 bits per heavy atom. The molecule has 0 radical (unpaired) electrons. The first-order valence-electron chi connectivity index (χ1n) is 21.7. The number of fused-ring (bicyclic) bond motifs is 6. The van der Waals surface area contributed by atoms with Crippen LogP contribution in [-0.2, 0) is 0 Å². The zero-order valence-corrected chi connectivity index (χ0v) is 36.1. The van der Waals surface area contributed by atoms with Crippen LogP contribution in [0.25, 0.3) is 0 Å². The fourth-order valence-corrected chi connectivity index (χ4v) is 16.4. The standard InChI is InChI=1S/C57H44BN3Si/c1-39-36-40(2)57(41(3)37-39)61-52-31-19-30-51-56(52)58(46-26-13-14-27-48(46)59(51)42-20-7-4-8-21-42)47-35-34-43(38-53(47)61)60-49-28-15-17-32-54(49)62(44-22-9-5-10-23-44,45-24-11-6-12-25-45)55-33-18-16-29-50(55)60/h4-38H,1-3H3. The van der Waals surface area contributed by atoms with Crippen LogP contribution in [0.15, 0.2) is 212 Å². The first-order valence-corrected chi connectivity index (χ1v) is 23.7. The second-order valence-corrected chi connectivity index (χ2v) is 20.8. The van der Waals surface area contributed by atoms with Crippen molar-refractivity contribution in [2.75, 3.05) is 14.7 Å². The molecule has 3 aliphatic heterocycles. The van der Waals surface area contributed by atoms with Crippen LogP contribution in [0.1, 0.15) is 16.7 Å². The molecule has 0 saturated heterocycles. The normalized spacial score (nSPS) is 14.0. The maximum absolute atomic E-state index is 2.76. The fraction of sp³-hybridized carbons (Fsp3) is 0.0526. The van der Waals surface area contributed by atoms with Gasteiger partial charge >= 0.3 is 0 Å². The molecular formula is C57H44BN3Si. The van der Waals surface area contributed by atoms with Crippen molar-refractivity contribution in [1.82, 2.24) is 0 Å². The van der Waals surface area contributed by atoms with Gasteiger partial charge in [-0.05, 0) is 124 Å². The average molecular weight is 810 g/mol. The smallest absolute Gasteiger partial charge is 0.252 e. The van der Waals surface area contributed by atoms with Gasteiger partial charge in [-0.1, -0.05) is 163 Å². The van der Waals surface area contributed by atoms with Crippen molar-refractivity contribution in [3.05, 3.63) is 229 Å². The summed E-state index contributed by atoms with van der Waals surface area (Å²) in [4.78, 5) is 7.60. The van der Waals surface area contributed by atoms with Crippen molar-refractivity contribution in [2.24, 2.45) is 0 Å². The zero-order chi connectivity index (χ0) is 41.5. The zero-order valence-electron chi connectivity index (χ0n) is 35.1. The van der Waals surface area contributed by atoms with Crippen LogP contribution in [0.2, 0.25) is 0 Å². The Morgan fingerprint density at radius 1 is 0.355 bits per heavy atom. The molecule has 3 nitrogen and oxygen atoms in total. The highest BCUT2D eigenvalue weighted by atomic mass is 28.3. The van der Waals surface area contributed by atoms with E-state index in [0.717, 1.165) is 11.4 Å². The van der Waals surface area contributed by atoms with Crippen molar-refractivity contribution in [1.29, 1.82) is 0 Å². The van der Waals surface area contributed by atoms with Crippen LogP contribution >= 0.6 is 0 Å². The molecule has 9 aromatic carbocycles. The summed E-state index contributed by atoms with van der Waals surface area (Å²) >= 11 is 0. The first-order chi connectivity index (χ1) is 30.5. The first kappa shape index (κ1) is 36.5. The molecule has 0 spiro atoms. The molecule has 0 saturated carbocycles.